The summed E-state index contributed by atoms with van der Waals surface area (Å²) in [6, 6.07) is 5.46. The minimum absolute atomic E-state index is 0.702. The van der Waals surface area contributed by atoms with Crippen LogP contribution in [0.2, 0.25) is 0 Å². The summed E-state index contributed by atoms with van der Waals surface area (Å²) in [7, 11) is 0. The zero-order chi connectivity index (χ0) is 8.97. The summed E-state index contributed by atoms with van der Waals surface area (Å²) in [6.45, 7) is 0. The van der Waals surface area contributed by atoms with E-state index in [1.165, 1.54) is 0 Å². The molecule has 1 rings (SSSR count). The fourth-order valence-electron chi connectivity index (χ4n) is 1.05. The summed E-state index contributed by atoms with van der Waals surface area (Å²) in [4.78, 5) is 0. The van der Waals surface area contributed by atoms with E-state index in [9.17, 15) is 0 Å². The molecule has 0 aromatic heterocycles. The fourth-order valence-corrected chi connectivity index (χ4v) is 1.05. The van der Waals surface area contributed by atoms with Gasteiger partial charge in [-0.2, -0.15) is 0 Å². The second kappa shape index (κ2) is 3.68. The summed E-state index contributed by atoms with van der Waals surface area (Å²) in [6.07, 6.45) is 6.64. The molecule has 0 saturated heterocycles. The Bertz CT molecular complexity index is 310. The number of anilines is 2. The van der Waals surface area contributed by atoms with Crippen molar-refractivity contribution in [2.75, 3.05) is 11.5 Å². The van der Waals surface area contributed by atoms with E-state index in [0.717, 1.165) is 23.4 Å². The maximum atomic E-state index is 5.71. The zero-order valence-electron chi connectivity index (χ0n) is 6.88. The van der Waals surface area contributed by atoms with Crippen LogP contribution in [0.5, 0.6) is 0 Å². The molecule has 0 unspecified atom stereocenters. The van der Waals surface area contributed by atoms with Gasteiger partial charge in [-0.3, -0.25) is 0 Å². The quantitative estimate of drug-likeness (QED) is 0.507. The van der Waals surface area contributed by atoms with Gasteiger partial charge in [0.05, 0.1) is 0 Å². The van der Waals surface area contributed by atoms with Gasteiger partial charge in [0.2, 0.25) is 0 Å². The van der Waals surface area contributed by atoms with Crippen LogP contribution in [0.3, 0.4) is 0 Å². The first-order valence-corrected chi connectivity index (χ1v) is 3.81. The van der Waals surface area contributed by atoms with Crippen LogP contribution in [0.1, 0.15) is 12.0 Å². The Morgan fingerprint density at radius 1 is 1.33 bits per heavy atom. The van der Waals surface area contributed by atoms with E-state index in [1.807, 2.05) is 6.07 Å². The van der Waals surface area contributed by atoms with E-state index >= 15 is 0 Å². The van der Waals surface area contributed by atoms with Crippen molar-refractivity contribution in [2.45, 2.75) is 12.8 Å². The van der Waals surface area contributed by atoms with E-state index in [-0.39, 0.29) is 0 Å². The lowest BCUT2D eigenvalue weighted by Crippen LogP contribution is -1.96. The second-order valence-electron chi connectivity index (χ2n) is 2.66. The first-order valence-electron chi connectivity index (χ1n) is 3.81. The van der Waals surface area contributed by atoms with Crippen LogP contribution in [-0.2, 0) is 6.42 Å². The number of nitrogen functional groups attached to an aromatic ring is 2. The van der Waals surface area contributed by atoms with Crippen molar-refractivity contribution in [3.63, 3.8) is 0 Å². The van der Waals surface area contributed by atoms with Crippen molar-refractivity contribution in [2.24, 2.45) is 0 Å². The Morgan fingerprint density at radius 3 is 2.75 bits per heavy atom. The Balaban J connectivity index is 2.84. The third kappa shape index (κ3) is 1.93. The normalized spacial score (nSPS) is 9.25. The van der Waals surface area contributed by atoms with Gasteiger partial charge in [-0.05, 0) is 30.2 Å². The molecule has 0 atom stereocenters. The molecule has 4 N–H and O–H groups in total. The molecule has 0 radical (unpaired) electrons. The molecule has 2 nitrogen and oxygen atoms in total. The van der Waals surface area contributed by atoms with Crippen LogP contribution in [0, 0.1) is 12.3 Å². The number of hydrogen-bond acceptors (Lipinski definition) is 2. The van der Waals surface area contributed by atoms with Crippen molar-refractivity contribution in [3.05, 3.63) is 23.8 Å². The minimum atomic E-state index is 0.702. The van der Waals surface area contributed by atoms with Gasteiger partial charge in [0.1, 0.15) is 0 Å². The summed E-state index contributed by atoms with van der Waals surface area (Å²) >= 11 is 0. The largest absolute Gasteiger partial charge is 0.399 e. The third-order valence-corrected chi connectivity index (χ3v) is 1.71. The average molecular weight is 160 g/mol. The van der Waals surface area contributed by atoms with Crippen LogP contribution in [0.4, 0.5) is 11.4 Å². The molecule has 0 fully saturated rings. The van der Waals surface area contributed by atoms with Crippen molar-refractivity contribution in [3.8, 4) is 12.3 Å². The van der Waals surface area contributed by atoms with E-state index < -0.39 is 0 Å². The number of nitrogens with two attached hydrogens (primary N) is 2. The topological polar surface area (TPSA) is 52.0 Å². The monoisotopic (exact) mass is 160 g/mol. The van der Waals surface area contributed by atoms with Crippen molar-refractivity contribution >= 4 is 11.4 Å². The summed E-state index contributed by atoms with van der Waals surface area (Å²) in [5, 5.41) is 0. The minimum Gasteiger partial charge on any atom is -0.399 e. The maximum Gasteiger partial charge on any atom is 0.0348 e. The zero-order valence-corrected chi connectivity index (χ0v) is 6.88. The smallest absolute Gasteiger partial charge is 0.0348 e. The number of hydrogen-bond donors (Lipinski definition) is 2. The molecular weight excluding hydrogens is 148 g/mol. The molecule has 0 aliphatic rings. The molecule has 62 valence electrons. The van der Waals surface area contributed by atoms with E-state index in [1.54, 1.807) is 12.1 Å². The number of aryl methyl sites for hydroxylation is 1. The molecule has 0 amide bonds. The van der Waals surface area contributed by atoms with Gasteiger partial charge in [0, 0.05) is 17.8 Å². The predicted octanol–water partition coefficient (Wildman–Crippen LogP) is 1.42. The third-order valence-electron chi connectivity index (χ3n) is 1.71. The molecule has 0 bridgehead atoms. The van der Waals surface area contributed by atoms with Gasteiger partial charge in [-0.15, -0.1) is 12.3 Å². The number of terminal acetylenes is 1. The van der Waals surface area contributed by atoms with Gasteiger partial charge in [-0.25, -0.2) is 0 Å². The molecule has 2 heteroatoms. The summed E-state index contributed by atoms with van der Waals surface area (Å²) in [5.41, 5.74) is 13.8. The molecule has 1 aromatic rings. The van der Waals surface area contributed by atoms with Crippen LogP contribution in [-0.4, -0.2) is 0 Å². The number of rotatable bonds is 2. The van der Waals surface area contributed by atoms with Crippen LogP contribution >= 0.6 is 0 Å². The predicted molar refractivity (Wildman–Crippen MR) is 52.4 cm³/mol. The highest BCUT2D eigenvalue weighted by atomic mass is 14.6. The van der Waals surface area contributed by atoms with E-state index in [4.69, 9.17) is 17.9 Å². The second-order valence-corrected chi connectivity index (χ2v) is 2.66. The van der Waals surface area contributed by atoms with Gasteiger partial charge in [0.25, 0.3) is 0 Å². The van der Waals surface area contributed by atoms with Crippen molar-refractivity contribution in [1.29, 1.82) is 0 Å². The van der Waals surface area contributed by atoms with Gasteiger partial charge >= 0.3 is 0 Å². The van der Waals surface area contributed by atoms with Crippen LogP contribution < -0.4 is 11.5 Å². The molecule has 0 aliphatic carbocycles. The van der Waals surface area contributed by atoms with Gasteiger partial charge in [-0.1, -0.05) is 0 Å². The molecular formula is C10H12N2. The molecule has 12 heavy (non-hydrogen) atoms. The SMILES string of the molecule is C#CCCc1cc(N)ccc1N. The van der Waals surface area contributed by atoms with E-state index in [0.29, 0.717) is 6.42 Å². The molecule has 0 spiro atoms. The highest BCUT2D eigenvalue weighted by Crippen LogP contribution is 2.16. The average Bonchev–Trinajstić information content (AvgIpc) is 2.07. The maximum absolute atomic E-state index is 5.71. The summed E-state index contributed by atoms with van der Waals surface area (Å²) in [5.74, 6) is 2.57. The van der Waals surface area contributed by atoms with Gasteiger partial charge < -0.3 is 11.5 Å². The molecule has 1 aromatic carbocycles. The Morgan fingerprint density at radius 2 is 2.08 bits per heavy atom. The Kier molecular flexibility index (Phi) is 2.60. The standard InChI is InChI=1S/C10H12N2/c1-2-3-4-8-7-9(11)5-6-10(8)12/h1,5-7H,3-4,11-12H2. The molecule has 0 heterocycles. The fraction of sp³-hybridized carbons (Fsp3) is 0.200. The van der Waals surface area contributed by atoms with Crippen molar-refractivity contribution in [1.82, 2.24) is 0 Å². The number of benzene rings is 1. The first-order chi connectivity index (χ1) is 5.74. The van der Waals surface area contributed by atoms with Gasteiger partial charge in [0.15, 0.2) is 0 Å². The highest BCUT2D eigenvalue weighted by Gasteiger charge is 1.97. The lowest BCUT2D eigenvalue weighted by molar-refractivity contribution is 1.03. The molecule has 0 aliphatic heterocycles. The van der Waals surface area contributed by atoms with Crippen molar-refractivity contribution < 1.29 is 0 Å². The van der Waals surface area contributed by atoms with Crippen LogP contribution in [0.25, 0.3) is 0 Å². The lowest BCUT2D eigenvalue weighted by Gasteiger charge is -2.03. The Labute approximate surface area is 72.6 Å². The first kappa shape index (κ1) is 8.48. The lowest BCUT2D eigenvalue weighted by atomic mass is 10.1. The highest BCUT2D eigenvalue weighted by molar-refractivity contribution is 5.55. The Hall–Kier alpha value is -1.62. The summed E-state index contributed by atoms with van der Waals surface area (Å²) < 4.78 is 0. The van der Waals surface area contributed by atoms with Crippen LogP contribution in [0.15, 0.2) is 18.2 Å². The van der Waals surface area contributed by atoms with E-state index in [2.05, 4.69) is 5.92 Å². The molecule has 0 saturated carbocycles.